The Labute approximate surface area is 69.9 Å². The summed E-state index contributed by atoms with van der Waals surface area (Å²) in [5.74, 6) is 0. The number of hydrogen-bond donors (Lipinski definition) is 1. The smallest absolute Gasteiger partial charge is 0.0901 e. The van der Waals surface area contributed by atoms with Gasteiger partial charge in [-0.15, -0.1) is 11.3 Å². The molecule has 0 saturated carbocycles. The minimum absolute atomic E-state index is 0.232. The summed E-state index contributed by atoms with van der Waals surface area (Å²) in [5.41, 5.74) is 1.13. The molecule has 1 N–H and O–H groups in total. The number of fused-ring (bicyclic) bond motifs is 1. The molecule has 0 saturated heterocycles. The van der Waals surface area contributed by atoms with E-state index in [4.69, 9.17) is 0 Å². The second-order valence-corrected chi connectivity index (χ2v) is 4.19. The molecular weight excluding hydrogens is 158 g/mol. The van der Waals surface area contributed by atoms with Crippen molar-refractivity contribution in [2.24, 2.45) is 0 Å². The average molecular weight is 169 g/mol. The van der Waals surface area contributed by atoms with Crippen LogP contribution in [-0.4, -0.2) is 10.1 Å². The highest BCUT2D eigenvalue weighted by Gasteiger charge is 2.21. The molecule has 0 spiro atoms. The Kier molecular flexibility index (Phi) is 1.69. The predicted octanol–water partition coefficient (Wildman–Crippen LogP) is 1.82. The Morgan fingerprint density at radius 3 is 3.18 bits per heavy atom. The number of aliphatic hydroxyl groups excluding tert-OH is 1. The van der Waals surface area contributed by atoms with Crippen molar-refractivity contribution in [2.45, 2.75) is 32.3 Å². The molecule has 1 aromatic heterocycles. The van der Waals surface area contributed by atoms with E-state index in [-0.39, 0.29) is 6.10 Å². The molecule has 3 heteroatoms. The first-order chi connectivity index (χ1) is 5.27. The highest BCUT2D eigenvalue weighted by Crippen LogP contribution is 2.33. The molecule has 60 valence electrons. The minimum atomic E-state index is -0.232. The molecule has 1 aliphatic carbocycles. The molecule has 2 rings (SSSR count). The van der Waals surface area contributed by atoms with Crippen molar-refractivity contribution in [1.82, 2.24) is 4.98 Å². The van der Waals surface area contributed by atoms with Gasteiger partial charge in [-0.05, 0) is 26.2 Å². The maximum absolute atomic E-state index is 9.55. The average Bonchev–Trinajstić information content (AvgIpc) is 2.31. The van der Waals surface area contributed by atoms with Gasteiger partial charge in [-0.2, -0.15) is 0 Å². The number of nitrogens with zero attached hydrogens (tertiary/aromatic N) is 1. The van der Waals surface area contributed by atoms with Gasteiger partial charge in [-0.25, -0.2) is 4.98 Å². The fourth-order valence-electron chi connectivity index (χ4n) is 1.52. The van der Waals surface area contributed by atoms with E-state index in [0.29, 0.717) is 0 Å². The van der Waals surface area contributed by atoms with Gasteiger partial charge in [0, 0.05) is 0 Å². The predicted molar refractivity (Wildman–Crippen MR) is 44.7 cm³/mol. The van der Waals surface area contributed by atoms with E-state index in [0.717, 1.165) is 34.8 Å². The van der Waals surface area contributed by atoms with Crippen molar-refractivity contribution >= 4 is 11.3 Å². The monoisotopic (exact) mass is 169 g/mol. The van der Waals surface area contributed by atoms with Gasteiger partial charge in [-0.1, -0.05) is 0 Å². The molecule has 1 heterocycles. The lowest BCUT2D eigenvalue weighted by Gasteiger charge is -2.14. The fourth-order valence-corrected chi connectivity index (χ4v) is 2.51. The Balaban J connectivity index is 2.43. The van der Waals surface area contributed by atoms with Crippen molar-refractivity contribution in [2.75, 3.05) is 0 Å². The maximum atomic E-state index is 9.55. The van der Waals surface area contributed by atoms with Gasteiger partial charge in [0.05, 0.1) is 21.7 Å². The standard InChI is InChI=1S/C8H11NOS/c1-5-9-6-3-2-4-7(10)8(6)11-5/h7,10H,2-4H2,1H3. The summed E-state index contributed by atoms with van der Waals surface area (Å²) < 4.78 is 0. The van der Waals surface area contributed by atoms with Crippen LogP contribution < -0.4 is 0 Å². The Bertz CT molecular complexity index is 269. The van der Waals surface area contributed by atoms with Crippen molar-refractivity contribution in [3.63, 3.8) is 0 Å². The normalized spacial score (nSPS) is 23.3. The highest BCUT2D eigenvalue weighted by molar-refractivity contribution is 7.11. The van der Waals surface area contributed by atoms with Crippen LogP contribution in [0.5, 0.6) is 0 Å². The van der Waals surface area contributed by atoms with Crippen LogP contribution in [0.15, 0.2) is 0 Å². The van der Waals surface area contributed by atoms with Crippen LogP contribution in [0.4, 0.5) is 0 Å². The van der Waals surface area contributed by atoms with Crippen molar-refractivity contribution in [3.05, 3.63) is 15.6 Å². The molecule has 1 aliphatic rings. The Hall–Kier alpha value is -0.410. The van der Waals surface area contributed by atoms with E-state index in [1.165, 1.54) is 0 Å². The van der Waals surface area contributed by atoms with Gasteiger partial charge < -0.3 is 5.11 Å². The molecule has 1 unspecified atom stereocenters. The van der Waals surface area contributed by atoms with E-state index >= 15 is 0 Å². The molecule has 0 aromatic carbocycles. The Morgan fingerprint density at radius 1 is 1.64 bits per heavy atom. The third-order valence-corrected chi connectivity index (χ3v) is 3.14. The van der Waals surface area contributed by atoms with Gasteiger partial charge in [0.15, 0.2) is 0 Å². The second-order valence-electron chi connectivity index (χ2n) is 2.95. The molecule has 1 aromatic rings. The van der Waals surface area contributed by atoms with E-state index in [1.54, 1.807) is 11.3 Å². The molecule has 0 amide bonds. The van der Waals surface area contributed by atoms with Crippen LogP contribution in [0.1, 0.15) is 34.5 Å². The van der Waals surface area contributed by atoms with E-state index in [2.05, 4.69) is 4.98 Å². The zero-order chi connectivity index (χ0) is 7.84. The summed E-state index contributed by atoms with van der Waals surface area (Å²) in [4.78, 5) is 5.47. The molecule has 0 radical (unpaired) electrons. The molecular formula is C8H11NOS. The highest BCUT2D eigenvalue weighted by atomic mass is 32.1. The van der Waals surface area contributed by atoms with Gasteiger partial charge in [0.1, 0.15) is 0 Å². The number of aryl methyl sites for hydroxylation is 2. The SMILES string of the molecule is Cc1nc2c(s1)C(O)CCC2. The molecule has 0 aliphatic heterocycles. The number of hydrogen-bond acceptors (Lipinski definition) is 3. The summed E-state index contributed by atoms with van der Waals surface area (Å²) in [5, 5.41) is 10.6. The first-order valence-electron chi connectivity index (χ1n) is 3.91. The van der Waals surface area contributed by atoms with E-state index in [9.17, 15) is 5.11 Å². The van der Waals surface area contributed by atoms with Gasteiger partial charge in [0.25, 0.3) is 0 Å². The third-order valence-electron chi connectivity index (χ3n) is 2.03. The lowest BCUT2D eigenvalue weighted by molar-refractivity contribution is 0.160. The summed E-state index contributed by atoms with van der Waals surface area (Å²) >= 11 is 1.64. The van der Waals surface area contributed by atoms with Crippen LogP contribution in [0.2, 0.25) is 0 Å². The first kappa shape index (κ1) is 7.25. The third kappa shape index (κ3) is 1.19. The van der Waals surface area contributed by atoms with E-state index in [1.807, 2.05) is 6.92 Å². The molecule has 2 nitrogen and oxygen atoms in total. The van der Waals surface area contributed by atoms with Crippen molar-refractivity contribution < 1.29 is 5.11 Å². The summed E-state index contributed by atoms with van der Waals surface area (Å²) in [6.45, 7) is 2.00. The summed E-state index contributed by atoms with van der Waals surface area (Å²) in [7, 11) is 0. The minimum Gasteiger partial charge on any atom is -0.388 e. The van der Waals surface area contributed by atoms with Crippen LogP contribution in [0, 0.1) is 6.92 Å². The summed E-state index contributed by atoms with van der Waals surface area (Å²) in [6.07, 6.45) is 2.81. The molecule has 0 bridgehead atoms. The van der Waals surface area contributed by atoms with E-state index < -0.39 is 0 Å². The van der Waals surface area contributed by atoms with Crippen LogP contribution >= 0.6 is 11.3 Å². The number of thiazole rings is 1. The van der Waals surface area contributed by atoms with Gasteiger partial charge in [0.2, 0.25) is 0 Å². The molecule has 1 atom stereocenters. The number of rotatable bonds is 0. The summed E-state index contributed by atoms with van der Waals surface area (Å²) in [6, 6.07) is 0. The van der Waals surface area contributed by atoms with Crippen molar-refractivity contribution in [1.29, 1.82) is 0 Å². The van der Waals surface area contributed by atoms with Gasteiger partial charge in [-0.3, -0.25) is 0 Å². The van der Waals surface area contributed by atoms with Crippen molar-refractivity contribution in [3.8, 4) is 0 Å². The topological polar surface area (TPSA) is 33.1 Å². The lowest BCUT2D eigenvalue weighted by Crippen LogP contribution is -2.06. The largest absolute Gasteiger partial charge is 0.388 e. The fraction of sp³-hybridized carbons (Fsp3) is 0.625. The van der Waals surface area contributed by atoms with Crippen LogP contribution in [0.25, 0.3) is 0 Å². The quantitative estimate of drug-likeness (QED) is 0.642. The lowest BCUT2D eigenvalue weighted by atomic mass is 10.0. The first-order valence-corrected chi connectivity index (χ1v) is 4.73. The van der Waals surface area contributed by atoms with Crippen LogP contribution in [0.3, 0.4) is 0 Å². The zero-order valence-electron chi connectivity index (χ0n) is 6.50. The maximum Gasteiger partial charge on any atom is 0.0901 e. The van der Waals surface area contributed by atoms with Crippen LogP contribution in [-0.2, 0) is 6.42 Å². The molecule has 0 fully saturated rings. The number of aliphatic hydroxyl groups is 1. The second kappa shape index (κ2) is 2.57. The number of aromatic nitrogens is 1. The molecule has 11 heavy (non-hydrogen) atoms. The zero-order valence-corrected chi connectivity index (χ0v) is 7.32. The Morgan fingerprint density at radius 2 is 2.45 bits per heavy atom. The van der Waals surface area contributed by atoms with Gasteiger partial charge >= 0.3 is 0 Å².